The summed E-state index contributed by atoms with van der Waals surface area (Å²) in [4.78, 5) is 10.1. The SMILES string of the molecule is O=C1CCCN1.[KH]. The van der Waals surface area contributed by atoms with E-state index in [1.165, 1.54) is 0 Å². The predicted octanol–water partition coefficient (Wildman–Crippen LogP) is -0.752. The molecule has 1 saturated heterocycles. The van der Waals surface area contributed by atoms with Gasteiger partial charge in [-0.15, -0.1) is 0 Å². The zero-order chi connectivity index (χ0) is 4.41. The molecule has 36 valence electrons. The molecule has 7 heavy (non-hydrogen) atoms. The van der Waals surface area contributed by atoms with E-state index in [0.29, 0.717) is 0 Å². The molecule has 0 radical (unpaired) electrons. The average Bonchev–Trinajstić information content (AvgIpc) is 1.86. The monoisotopic (exact) mass is 125 g/mol. The molecule has 0 unspecified atom stereocenters. The first kappa shape index (κ1) is 8.11. The van der Waals surface area contributed by atoms with Crippen LogP contribution in [0.5, 0.6) is 0 Å². The summed E-state index contributed by atoms with van der Waals surface area (Å²) in [6.45, 7) is 0.888. The zero-order valence-corrected chi connectivity index (χ0v) is 3.53. The van der Waals surface area contributed by atoms with Gasteiger partial charge in [0.05, 0.1) is 0 Å². The van der Waals surface area contributed by atoms with Crippen LogP contribution in [0.15, 0.2) is 0 Å². The van der Waals surface area contributed by atoms with Crippen LogP contribution >= 0.6 is 0 Å². The Morgan fingerprint density at radius 1 is 1.57 bits per heavy atom. The maximum atomic E-state index is 10.1. The normalized spacial score (nSPS) is 18.0. The summed E-state index contributed by atoms with van der Waals surface area (Å²) in [6.07, 6.45) is 1.76. The summed E-state index contributed by atoms with van der Waals surface area (Å²) in [7, 11) is 0. The van der Waals surface area contributed by atoms with Crippen molar-refractivity contribution >= 4 is 57.3 Å². The third-order valence-electron chi connectivity index (χ3n) is 0.903. The number of rotatable bonds is 0. The van der Waals surface area contributed by atoms with Crippen LogP contribution in [0, 0.1) is 0 Å². The quantitative estimate of drug-likeness (QED) is 0.424. The Hall–Kier alpha value is 1.11. The van der Waals surface area contributed by atoms with Crippen molar-refractivity contribution in [2.45, 2.75) is 12.8 Å². The van der Waals surface area contributed by atoms with Crippen molar-refractivity contribution in [3.8, 4) is 0 Å². The number of hydrogen-bond acceptors (Lipinski definition) is 1. The first-order valence-corrected chi connectivity index (χ1v) is 2.16. The van der Waals surface area contributed by atoms with Crippen molar-refractivity contribution in [1.29, 1.82) is 0 Å². The van der Waals surface area contributed by atoms with Gasteiger partial charge in [0.25, 0.3) is 0 Å². The number of hydrogen-bond donors (Lipinski definition) is 1. The Bertz CT molecular complexity index is 66.1. The fraction of sp³-hybridized carbons (Fsp3) is 0.750. The maximum absolute atomic E-state index is 10.1. The van der Waals surface area contributed by atoms with Crippen molar-refractivity contribution < 1.29 is 4.79 Å². The van der Waals surface area contributed by atoms with Crippen LogP contribution in [-0.2, 0) is 4.79 Å². The molecular formula is C4H8KNO. The Labute approximate surface area is 85.5 Å². The molecule has 0 spiro atoms. The number of carbonyl (C=O) groups is 1. The molecule has 3 heteroatoms. The molecule has 1 aliphatic heterocycles. The molecule has 0 aliphatic carbocycles. The van der Waals surface area contributed by atoms with E-state index in [2.05, 4.69) is 5.32 Å². The van der Waals surface area contributed by atoms with Crippen molar-refractivity contribution in [1.82, 2.24) is 5.32 Å². The first-order chi connectivity index (χ1) is 2.89. The Morgan fingerprint density at radius 2 is 2.29 bits per heavy atom. The minimum atomic E-state index is 0. The van der Waals surface area contributed by atoms with E-state index in [0.717, 1.165) is 19.4 Å². The van der Waals surface area contributed by atoms with Gasteiger partial charge in [-0.2, -0.15) is 0 Å². The first-order valence-electron chi connectivity index (χ1n) is 2.16. The fourth-order valence-corrected chi connectivity index (χ4v) is 0.565. The number of nitrogens with one attached hydrogen (secondary N) is 1. The van der Waals surface area contributed by atoms with Gasteiger partial charge in [0.1, 0.15) is 0 Å². The molecule has 0 bridgehead atoms. The van der Waals surface area contributed by atoms with Crippen LogP contribution in [0.1, 0.15) is 12.8 Å². The van der Waals surface area contributed by atoms with Gasteiger partial charge in [0.2, 0.25) is 5.91 Å². The zero-order valence-electron chi connectivity index (χ0n) is 3.53. The molecule has 2 nitrogen and oxygen atoms in total. The molecule has 0 aromatic carbocycles. The van der Waals surface area contributed by atoms with Crippen LogP contribution in [0.4, 0.5) is 0 Å². The second-order valence-electron chi connectivity index (χ2n) is 1.45. The summed E-state index contributed by atoms with van der Waals surface area (Å²) in [5.41, 5.74) is 0. The topological polar surface area (TPSA) is 29.1 Å². The molecular weight excluding hydrogens is 117 g/mol. The molecule has 0 saturated carbocycles. The van der Waals surface area contributed by atoms with Crippen LogP contribution < -0.4 is 5.32 Å². The third kappa shape index (κ3) is 2.82. The third-order valence-corrected chi connectivity index (χ3v) is 0.903. The van der Waals surface area contributed by atoms with Crippen molar-refractivity contribution in [2.24, 2.45) is 0 Å². The standard InChI is InChI=1S/C4H7NO.K.H/c6-4-2-1-3-5-4;;/h1-3H2,(H,5,6);;. The van der Waals surface area contributed by atoms with Gasteiger partial charge < -0.3 is 5.32 Å². The van der Waals surface area contributed by atoms with Gasteiger partial charge in [0, 0.05) is 13.0 Å². The molecule has 1 N–H and O–H groups in total. The van der Waals surface area contributed by atoms with Crippen molar-refractivity contribution in [3.05, 3.63) is 0 Å². The van der Waals surface area contributed by atoms with E-state index in [1.54, 1.807) is 0 Å². The molecule has 1 amide bonds. The summed E-state index contributed by atoms with van der Waals surface area (Å²) in [5.74, 6) is 0.204. The van der Waals surface area contributed by atoms with Gasteiger partial charge in [-0.3, -0.25) is 4.79 Å². The van der Waals surface area contributed by atoms with E-state index in [4.69, 9.17) is 0 Å². The Kier molecular flexibility index (Phi) is 4.67. The van der Waals surface area contributed by atoms with Crippen molar-refractivity contribution in [3.63, 3.8) is 0 Å². The van der Waals surface area contributed by atoms with Crippen LogP contribution in [0.2, 0.25) is 0 Å². The van der Waals surface area contributed by atoms with Gasteiger partial charge in [0.15, 0.2) is 0 Å². The number of amides is 1. The average molecular weight is 125 g/mol. The van der Waals surface area contributed by atoms with E-state index in [-0.39, 0.29) is 57.3 Å². The Morgan fingerprint density at radius 3 is 2.43 bits per heavy atom. The molecule has 0 aromatic rings. The Balaban J connectivity index is 0.000000360. The molecule has 1 fully saturated rings. The summed E-state index contributed by atoms with van der Waals surface area (Å²) in [5, 5.41) is 2.68. The van der Waals surface area contributed by atoms with Gasteiger partial charge >= 0.3 is 51.4 Å². The molecule has 1 rings (SSSR count). The van der Waals surface area contributed by atoms with E-state index in [9.17, 15) is 4.79 Å². The van der Waals surface area contributed by atoms with Gasteiger partial charge in [-0.25, -0.2) is 0 Å². The van der Waals surface area contributed by atoms with Gasteiger partial charge in [-0.1, -0.05) is 0 Å². The minimum absolute atomic E-state index is 0. The molecule has 1 heterocycles. The number of carbonyl (C=O) groups excluding carboxylic acids is 1. The van der Waals surface area contributed by atoms with E-state index in [1.807, 2.05) is 0 Å². The van der Waals surface area contributed by atoms with Crippen LogP contribution in [0.25, 0.3) is 0 Å². The van der Waals surface area contributed by atoms with E-state index < -0.39 is 0 Å². The van der Waals surface area contributed by atoms with Crippen molar-refractivity contribution in [2.75, 3.05) is 6.54 Å². The molecule has 0 aromatic heterocycles. The van der Waals surface area contributed by atoms with Crippen LogP contribution in [-0.4, -0.2) is 63.8 Å². The summed E-state index contributed by atoms with van der Waals surface area (Å²) in [6, 6.07) is 0. The predicted molar refractivity (Wildman–Crippen MR) is 29.4 cm³/mol. The van der Waals surface area contributed by atoms with Gasteiger partial charge in [-0.05, 0) is 6.42 Å². The second-order valence-corrected chi connectivity index (χ2v) is 1.45. The van der Waals surface area contributed by atoms with Crippen LogP contribution in [0.3, 0.4) is 0 Å². The molecule has 1 aliphatic rings. The summed E-state index contributed by atoms with van der Waals surface area (Å²) >= 11 is 0. The summed E-state index contributed by atoms with van der Waals surface area (Å²) < 4.78 is 0. The second kappa shape index (κ2) is 4.03. The van der Waals surface area contributed by atoms with E-state index >= 15 is 0 Å². The fourth-order valence-electron chi connectivity index (χ4n) is 0.565. The molecule has 0 atom stereocenters.